The molecule has 2 aromatic carbocycles. The van der Waals surface area contributed by atoms with Crippen molar-refractivity contribution in [1.82, 2.24) is 19.3 Å². The molecule has 1 unspecified atom stereocenters. The Bertz CT molecular complexity index is 1430. The molecule has 2 aromatic heterocycles. The standard InChI is InChI=1S/C23H20ClN5O2S/c1-13-7-8-15(9-14(13)2)29-21-17(11-25-29)22(31)28-16(12-32-23(28)27-21)10-20(30)26-19-6-4-3-5-18(19)24/h3-9,11,16H,10,12H2,1-2H3,(H,26,30). The second-order valence-corrected chi connectivity index (χ2v) is 9.22. The van der Waals surface area contributed by atoms with Crippen molar-refractivity contribution in [3.63, 3.8) is 0 Å². The molecule has 0 spiro atoms. The molecule has 9 heteroatoms. The Balaban J connectivity index is 1.46. The average Bonchev–Trinajstić information content (AvgIpc) is 3.37. The Morgan fingerprint density at radius 1 is 1.22 bits per heavy atom. The molecule has 1 atom stereocenters. The molecule has 3 heterocycles. The van der Waals surface area contributed by atoms with E-state index in [9.17, 15) is 9.59 Å². The minimum Gasteiger partial charge on any atom is -0.325 e. The summed E-state index contributed by atoms with van der Waals surface area (Å²) >= 11 is 7.61. The summed E-state index contributed by atoms with van der Waals surface area (Å²) in [5, 5.41) is 8.76. The smallest absolute Gasteiger partial charge is 0.265 e. The van der Waals surface area contributed by atoms with Crippen LogP contribution in [0.4, 0.5) is 5.69 Å². The van der Waals surface area contributed by atoms with Crippen LogP contribution in [-0.2, 0) is 4.79 Å². The van der Waals surface area contributed by atoms with Crippen LogP contribution in [0.2, 0.25) is 5.02 Å². The first-order valence-electron chi connectivity index (χ1n) is 10.2. The molecule has 1 aliphatic rings. The van der Waals surface area contributed by atoms with Gasteiger partial charge in [0, 0.05) is 12.2 Å². The molecule has 0 radical (unpaired) electrons. The highest BCUT2D eigenvalue weighted by Crippen LogP contribution is 2.34. The number of rotatable bonds is 4. The molecule has 32 heavy (non-hydrogen) atoms. The minimum absolute atomic E-state index is 0.156. The molecule has 1 N–H and O–H groups in total. The molecule has 0 fully saturated rings. The van der Waals surface area contributed by atoms with E-state index in [1.165, 1.54) is 17.3 Å². The number of thioether (sulfide) groups is 1. The van der Waals surface area contributed by atoms with Crippen LogP contribution < -0.4 is 10.9 Å². The Morgan fingerprint density at radius 3 is 2.81 bits per heavy atom. The summed E-state index contributed by atoms with van der Waals surface area (Å²) in [5.41, 5.74) is 4.09. The summed E-state index contributed by atoms with van der Waals surface area (Å²) in [7, 11) is 0. The normalized spacial score (nSPS) is 15.2. The number of fused-ring (bicyclic) bond motifs is 2. The quantitative estimate of drug-likeness (QED) is 0.448. The van der Waals surface area contributed by atoms with Crippen LogP contribution in [0, 0.1) is 13.8 Å². The van der Waals surface area contributed by atoms with Gasteiger partial charge < -0.3 is 5.32 Å². The summed E-state index contributed by atoms with van der Waals surface area (Å²) in [6.45, 7) is 4.09. The van der Waals surface area contributed by atoms with Crippen LogP contribution >= 0.6 is 23.4 Å². The van der Waals surface area contributed by atoms with Gasteiger partial charge in [-0.3, -0.25) is 14.2 Å². The van der Waals surface area contributed by atoms with E-state index in [2.05, 4.69) is 17.3 Å². The highest BCUT2D eigenvalue weighted by molar-refractivity contribution is 7.99. The molecule has 162 valence electrons. The van der Waals surface area contributed by atoms with Gasteiger partial charge in [0.1, 0.15) is 5.39 Å². The second-order valence-electron chi connectivity index (χ2n) is 7.83. The van der Waals surface area contributed by atoms with Crippen LogP contribution in [0.25, 0.3) is 16.7 Å². The van der Waals surface area contributed by atoms with Crippen LogP contribution in [0.3, 0.4) is 0 Å². The van der Waals surface area contributed by atoms with Crippen LogP contribution in [-0.4, -0.2) is 31.0 Å². The van der Waals surface area contributed by atoms with Gasteiger partial charge in [0.05, 0.1) is 28.6 Å². The first-order chi connectivity index (χ1) is 15.4. The maximum absolute atomic E-state index is 13.3. The number of benzene rings is 2. The third-order valence-corrected chi connectivity index (χ3v) is 7.10. The van der Waals surface area contributed by atoms with E-state index < -0.39 is 0 Å². The molecule has 0 saturated carbocycles. The SMILES string of the molecule is Cc1ccc(-n2ncc3c(=O)n4c(nc32)SCC4CC(=O)Nc2ccccc2Cl)cc1C. The molecular weight excluding hydrogens is 446 g/mol. The number of para-hydroxylation sites is 1. The van der Waals surface area contributed by atoms with Gasteiger partial charge in [-0.2, -0.15) is 5.10 Å². The molecule has 7 nitrogen and oxygen atoms in total. The van der Waals surface area contributed by atoms with Crippen molar-refractivity contribution in [2.75, 3.05) is 11.1 Å². The van der Waals surface area contributed by atoms with Crippen molar-refractivity contribution in [3.05, 3.63) is 75.2 Å². The van der Waals surface area contributed by atoms with Gasteiger partial charge in [0.2, 0.25) is 5.91 Å². The summed E-state index contributed by atoms with van der Waals surface area (Å²) in [4.78, 5) is 30.7. The van der Waals surface area contributed by atoms with E-state index in [1.807, 2.05) is 25.1 Å². The lowest BCUT2D eigenvalue weighted by atomic mass is 10.1. The predicted molar refractivity (Wildman–Crippen MR) is 127 cm³/mol. The number of carbonyl (C=O) groups is 1. The molecule has 4 aromatic rings. The van der Waals surface area contributed by atoms with Crippen LogP contribution in [0.15, 0.2) is 58.6 Å². The van der Waals surface area contributed by atoms with Gasteiger partial charge in [-0.05, 0) is 49.2 Å². The van der Waals surface area contributed by atoms with E-state index in [1.54, 1.807) is 39.7 Å². The topological polar surface area (TPSA) is 81.8 Å². The zero-order chi connectivity index (χ0) is 22.4. The average molecular weight is 466 g/mol. The van der Waals surface area contributed by atoms with Crippen LogP contribution in [0.1, 0.15) is 23.6 Å². The maximum atomic E-state index is 13.3. The van der Waals surface area contributed by atoms with Crippen molar-refractivity contribution in [3.8, 4) is 5.69 Å². The number of hydrogen-bond donors (Lipinski definition) is 1. The number of nitrogens with one attached hydrogen (secondary N) is 1. The molecule has 0 bridgehead atoms. The fraction of sp³-hybridized carbons (Fsp3) is 0.217. The Hall–Kier alpha value is -3.10. The zero-order valence-corrected chi connectivity index (χ0v) is 19.1. The lowest BCUT2D eigenvalue weighted by Gasteiger charge is -2.14. The first kappa shape index (κ1) is 20.8. The van der Waals surface area contributed by atoms with E-state index in [0.717, 1.165) is 11.3 Å². The summed E-state index contributed by atoms with van der Waals surface area (Å²) in [6, 6.07) is 12.8. The fourth-order valence-corrected chi connectivity index (χ4v) is 5.12. The highest BCUT2D eigenvalue weighted by Gasteiger charge is 2.29. The number of nitrogens with zero attached hydrogens (tertiary/aromatic N) is 4. The third-order valence-electron chi connectivity index (χ3n) is 5.67. The summed E-state index contributed by atoms with van der Waals surface area (Å²) in [5.74, 6) is 0.399. The molecule has 0 aliphatic carbocycles. The number of aryl methyl sites for hydroxylation is 2. The molecule has 1 amide bonds. The van der Waals surface area contributed by atoms with Crippen molar-refractivity contribution >= 4 is 46.0 Å². The van der Waals surface area contributed by atoms with Gasteiger partial charge in [0.15, 0.2) is 10.8 Å². The second kappa shape index (κ2) is 8.11. The molecular formula is C23H20ClN5O2S. The van der Waals surface area contributed by atoms with Crippen LogP contribution in [0.5, 0.6) is 0 Å². The zero-order valence-electron chi connectivity index (χ0n) is 17.5. The van der Waals surface area contributed by atoms with E-state index in [0.29, 0.717) is 32.7 Å². The van der Waals surface area contributed by atoms with E-state index >= 15 is 0 Å². The van der Waals surface area contributed by atoms with Gasteiger partial charge in [0.25, 0.3) is 5.56 Å². The van der Waals surface area contributed by atoms with E-state index in [4.69, 9.17) is 16.6 Å². The minimum atomic E-state index is -0.285. The Labute approximate surface area is 193 Å². The monoisotopic (exact) mass is 465 g/mol. The Morgan fingerprint density at radius 2 is 2.03 bits per heavy atom. The number of aromatic nitrogens is 4. The molecule has 0 saturated heterocycles. The lowest BCUT2D eigenvalue weighted by Crippen LogP contribution is -2.27. The summed E-state index contributed by atoms with van der Waals surface area (Å²) < 4.78 is 3.31. The molecule has 5 rings (SSSR count). The van der Waals surface area contributed by atoms with Crippen molar-refractivity contribution in [2.24, 2.45) is 0 Å². The molecule has 1 aliphatic heterocycles. The Kier molecular flexibility index (Phi) is 5.27. The van der Waals surface area contributed by atoms with Crippen molar-refractivity contribution < 1.29 is 4.79 Å². The number of amides is 1. The number of halogens is 1. The van der Waals surface area contributed by atoms with Gasteiger partial charge in [-0.1, -0.05) is 41.6 Å². The van der Waals surface area contributed by atoms with Crippen molar-refractivity contribution in [1.29, 1.82) is 0 Å². The van der Waals surface area contributed by atoms with Gasteiger partial charge in [-0.25, -0.2) is 9.67 Å². The fourth-order valence-electron chi connectivity index (χ4n) is 3.80. The highest BCUT2D eigenvalue weighted by atomic mass is 35.5. The lowest BCUT2D eigenvalue weighted by molar-refractivity contribution is -0.116. The van der Waals surface area contributed by atoms with E-state index in [-0.39, 0.29) is 23.9 Å². The largest absolute Gasteiger partial charge is 0.325 e. The van der Waals surface area contributed by atoms with Crippen molar-refractivity contribution in [2.45, 2.75) is 31.5 Å². The van der Waals surface area contributed by atoms with Gasteiger partial charge in [-0.15, -0.1) is 0 Å². The number of anilines is 1. The van der Waals surface area contributed by atoms with Gasteiger partial charge >= 0.3 is 0 Å². The summed E-state index contributed by atoms with van der Waals surface area (Å²) in [6.07, 6.45) is 1.71. The first-order valence-corrected chi connectivity index (χ1v) is 11.5. The number of carbonyl (C=O) groups excluding carboxylic acids is 1. The number of hydrogen-bond acceptors (Lipinski definition) is 5. The maximum Gasteiger partial charge on any atom is 0.265 e. The third kappa shape index (κ3) is 3.59. The predicted octanol–water partition coefficient (Wildman–Crippen LogP) is 4.53.